The van der Waals surface area contributed by atoms with Gasteiger partial charge >= 0.3 is 0 Å². The molecule has 0 spiro atoms. The summed E-state index contributed by atoms with van der Waals surface area (Å²) in [4.78, 5) is 10.5. The van der Waals surface area contributed by atoms with Crippen LogP contribution in [0.1, 0.15) is 13.8 Å². The highest BCUT2D eigenvalue weighted by Crippen LogP contribution is 2.09. The summed E-state index contributed by atoms with van der Waals surface area (Å²) in [6.45, 7) is 3.17. The van der Waals surface area contributed by atoms with Gasteiger partial charge in [0.2, 0.25) is 5.91 Å². The van der Waals surface area contributed by atoms with Crippen molar-refractivity contribution in [2.24, 2.45) is 5.41 Å². The SMILES string of the molecule is CC(C)(C#N)CNC(=O)CO. The number of nitriles is 1. The molecule has 0 aromatic carbocycles. The lowest BCUT2D eigenvalue weighted by atomic mass is 9.96. The topological polar surface area (TPSA) is 73.1 Å². The minimum Gasteiger partial charge on any atom is -0.387 e. The van der Waals surface area contributed by atoms with Crippen molar-refractivity contribution in [3.05, 3.63) is 0 Å². The number of carbonyl (C=O) groups excluding carboxylic acids is 1. The van der Waals surface area contributed by atoms with Gasteiger partial charge < -0.3 is 10.4 Å². The molecule has 4 nitrogen and oxygen atoms in total. The van der Waals surface area contributed by atoms with Crippen molar-refractivity contribution in [1.82, 2.24) is 5.32 Å². The first-order valence-electron chi connectivity index (χ1n) is 3.30. The number of amides is 1. The van der Waals surface area contributed by atoms with E-state index in [1.165, 1.54) is 0 Å². The Morgan fingerprint density at radius 2 is 2.27 bits per heavy atom. The zero-order valence-corrected chi connectivity index (χ0v) is 6.72. The van der Waals surface area contributed by atoms with Crippen molar-refractivity contribution in [1.29, 1.82) is 5.26 Å². The molecule has 11 heavy (non-hydrogen) atoms. The van der Waals surface area contributed by atoms with E-state index >= 15 is 0 Å². The zero-order chi connectivity index (χ0) is 8.91. The van der Waals surface area contributed by atoms with E-state index in [1.54, 1.807) is 13.8 Å². The third kappa shape index (κ3) is 4.34. The molecule has 0 unspecified atom stereocenters. The smallest absolute Gasteiger partial charge is 0.245 e. The summed E-state index contributed by atoms with van der Waals surface area (Å²) < 4.78 is 0. The molecule has 0 fully saturated rings. The van der Waals surface area contributed by atoms with Crippen LogP contribution in [0.5, 0.6) is 0 Å². The largest absolute Gasteiger partial charge is 0.387 e. The second kappa shape index (κ2) is 3.94. The molecule has 0 saturated carbocycles. The number of nitrogens with one attached hydrogen (secondary N) is 1. The highest BCUT2D eigenvalue weighted by molar-refractivity contribution is 5.76. The average Bonchev–Trinajstić information content (AvgIpc) is 2.00. The van der Waals surface area contributed by atoms with Gasteiger partial charge in [-0.2, -0.15) is 5.26 Å². The van der Waals surface area contributed by atoms with Crippen molar-refractivity contribution < 1.29 is 9.90 Å². The number of nitrogens with zero attached hydrogens (tertiary/aromatic N) is 1. The maximum absolute atomic E-state index is 10.5. The van der Waals surface area contributed by atoms with Crippen LogP contribution >= 0.6 is 0 Å². The first-order chi connectivity index (χ1) is 5.02. The molecule has 0 rings (SSSR count). The fourth-order valence-corrected chi connectivity index (χ4v) is 0.415. The lowest BCUT2D eigenvalue weighted by molar-refractivity contribution is -0.124. The average molecular weight is 156 g/mol. The summed E-state index contributed by atoms with van der Waals surface area (Å²) in [5.41, 5.74) is -0.565. The number of carbonyl (C=O) groups is 1. The minimum atomic E-state index is -0.565. The van der Waals surface area contributed by atoms with Gasteiger partial charge in [0.25, 0.3) is 0 Å². The Labute approximate surface area is 65.8 Å². The van der Waals surface area contributed by atoms with E-state index in [2.05, 4.69) is 5.32 Å². The molecule has 62 valence electrons. The number of hydrogen-bond donors (Lipinski definition) is 2. The zero-order valence-electron chi connectivity index (χ0n) is 6.72. The molecular formula is C7H12N2O2. The Morgan fingerprint density at radius 3 is 2.64 bits per heavy atom. The lowest BCUT2D eigenvalue weighted by Crippen LogP contribution is -2.34. The first-order valence-corrected chi connectivity index (χ1v) is 3.30. The third-order valence-electron chi connectivity index (χ3n) is 1.17. The molecule has 0 radical (unpaired) electrons. The highest BCUT2D eigenvalue weighted by atomic mass is 16.3. The molecule has 0 aliphatic rings. The Kier molecular flexibility index (Phi) is 3.55. The van der Waals surface area contributed by atoms with Crippen molar-refractivity contribution in [2.45, 2.75) is 13.8 Å². The van der Waals surface area contributed by atoms with Crippen LogP contribution in [0.4, 0.5) is 0 Å². The highest BCUT2D eigenvalue weighted by Gasteiger charge is 2.16. The summed E-state index contributed by atoms with van der Waals surface area (Å²) >= 11 is 0. The fraction of sp³-hybridized carbons (Fsp3) is 0.714. The summed E-state index contributed by atoms with van der Waals surface area (Å²) in [6.07, 6.45) is 0. The molecule has 4 heteroatoms. The quantitative estimate of drug-likeness (QED) is 0.586. The van der Waals surface area contributed by atoms with Gasteiger partial charge in [-0.1, -0.05) is 0 Å². The van der Waals surface area contributed by atoms with Crippen LogP contribution in [0, 0.1) is 16.7 Å². The molecule has 1 amide bonds. The van der Waals surface area contributed by atoms with Crippen molar-refractivity contribution in [3.8, 4) is 6.07 Å². The maximum atomic E-state index is 10.5. The molecule has 0 atom stereocenters. The molecule has 0 aliphatic heterocycles. The Morgan fingerprint density at radius 1 is 1.73 bits per heavy atom. The number of aliphatic hydroxyl groups excluding tert-OH is 1. The van der Waals surface area contributed by atoms with Crippen LogP contribution < -0.4 is 5.32 Å². The van der Waals surface area contributed by atoms with E-state index in [9.17, 15) is 4.79 Å². The van der Waals surface area contributed by atoms with Gasteiger partial charge in [0.1, 0.15) is 6.61 Å². The molecule has 0 saturated heterocycles. The van der Waals surface area contributed by atoms with Crippen molar-refractivity contribution >= 4 is 5.91 Å². The number of hydrogen-bond acceptors (Lipinski definition) is 3. The van der Waals surface area contributed by atoms with Gasteiger partial charge in [-0.15, -0.1) is 0 Å². The lowest BCUT2D eigenvalue weighted by Gasteiger charge is -2.14. The van der Waals surface area contributed by atoms with E-state index in [4.69, 9.17) is 10.4 Å². The van der Waals surface area contributed by atoms with Gasteiger partial charge in [-0.05, 0) is 13.8 Å². The maximum Gasteiger partial charge on any atom is 0.245 e. The van der Waals surface area contributed by atoms with Crippen LogP contribution in [0.3, 0.4) is 0 Å². The predicted molar refractivity (Wildman–Crippen MR) is 39.5 cm³/mol. The van der Waals surface area contributed by atoms with Crippen LogP contribution in [0.15, 0.2) is 0 Å². The third-order valence-corrected chi connectivity index (χ3v) is 1.17. The Hall–Kier alpha value is -1.08. The summed E-state index contributed by atoms with van der Waals surface area (Å²) in [5, 5.41) is 19.2. The molecule has 0 aliphatic carbocycles. The number of rotatable bonds is 3. The molecule has 0 aromatic heterocycles. The Bertz CT molecular complexity index is 181. The monoisotopic (exact) mass is 156 g/mol. The van der Waals surface area contributed by atoms with Gasteiger partial charge in [-0.3, -0.25) is 4.79 Å². The molecular weight excluding hydrogens is 144 g/mol. The van der Waals surface area contributed by atoms with E-state index in [0.29, 0.717) is 0 Å². The summed E-state index contributed by atoms with van der Waals surface area (Å²) in [6, 6.07) is 2.02. The second-order valence-electron chi connectivity index (χ2n) is 2.93. The van der Waals surface area contributed by atoms with Gasteiger partial charge in [0.15, 0.2) is 0 Å². The van der Waals surface area contributed by atoms with Gasteiger partial charge in [0.05, 0.1) is 11.5 Å². The van der Waals surface area contributed by atoms with E-state index in [1.807, 2.05) is 6.07 Å². The van der Waals surface area contributed by atoms with Crippen LogP contribution in [0.2, 0.25) is 0 Å². The van der Waals surface area contributed by atoms with Crippen LogP contribution in [0.25, 0.3) is 0 Å². The van der Waals surface area contributed by atoms with Crippen molar-refractivity contribution in [2.75, 3.05) is 13.2 Å². The standard InChI is InChI=1S/C7H12N2O2/c1-7(2,4-8)5-9-6(11)3-10/h10H,3,5H2,1-2H3,(H,9,11). The van der Waals surface area contributed by atoms with E-state index in [0.717, 1.165) is 0 Å². The fourth-order valence-electron chi connectivity index (χ4n) is 0.415. The van der Waals surface area contributed by atoms with E-state index in [-0.39, 0.29) is 6.54 Å². The van der Waals surface area contributed by atoms with Crippen LogP contribution in [-0.4, -0.2) is 24.2 Å². The van der Waals surface area contributed by atoms with E-state index < -0.39 is 17.9 Å². The first kappa shape index (κ1) is 9.92. The van der Waals surface area contributed by atoms with Crippen molar-refractivity contribution in [3.63, 3.8) is 0 Å². The Balaban J connectivity index is 3.72. The molecule has 0 heterocycles. The summed E-state index contributed by atoms with van der Waals surface area (Å²) in [5.74, 6) is -0.451. The predicted octanol–water partition coefficient (Wildman–Crippen LogP) is -0.355. The molecule has 2 N–H and O–H groups in total. The van der Waals surface area contributed by atoms with Crippen LogP contribution in [-0.2, 0) is 4.79 Å². The molecule has 0 bridgehead atoms. The normalized spacial score (nSPS) is 10.4. The second-order valence-corrected chi connectivity index (χ2v) is 2.93. The number of aliphatic hydroxyl groups is 1. The van der Waals surface area contributed by atoms with Gasteiger partial charge in [0, 0.05) is 6.54 Å². The minimum absolute atomic E-state index is 0.267. The summed E-state index contributed by atoms with van der Waals surface area (Å²) in [7, 11) is 0. The van der Waals surface area contributed by atoms with Gasteiger partial charge in [-0.25, -0.2) is 0 Å². The molecule has 0 aromatic rings.